The number of carbonyl (C=O) groups is 1. The van der Waals surface area contributed by atoms with Crippen LogP contribution in [0.2, 0.25) is 0 Å². The lowest BCUT2D eigenvalue weighted by Gasteiger charge is -2.10. The van der Waals surface area contributed by atoms with Crippen molar-refractivity contribution in [1.82, 2.24) is 0 Å². The minimum absolute atomic E-state index is 0.185. The number of aliphatic hydroxyl groups is 1. The van der Waals surface area contributed by atoms with Gasteiger partial charge in [0.1, 0.15) is 0 Å². The molecule has 2 heteroatoms. The van der Waals surface area contributed by atoms with Gasteiger partial charge in [0.05, 0.1) is 0 Å². The molecule has 62 valence electrons. The number of hydrogen-bond acceptors (Lipinski definition) is 2. The van der Waals surface area contributed by atoms with Crippen molar-refractivity contribution in [2.24, 2.45) is 0 Å². The number of aliphatic hydroxyl groups excluding tert-OH is 1. The van der Waals surface area contributed by atoms with Gasteiger partial charge in [0.2, 0.25) is 0 Å². The van der Waals surface area contributed by atoms with Crippen LogP contribution in [0.1, 0.15) is 32.1 Å². The summed E-state index contributed by atoms with van der Waals surface area (Å²) in [4.78, 5) is 11.2. The van der Waals surface area contributed by atoms with E-state index in [9.17, 15) is 4.79 Å². The van der Waals surface area contributed by atoms with Gasteiger partial charge < -0.3 is 5.11 Å². The molecule has 1 aliphatic rings. The maximum Gasteiger partial charge on any atom is 0.158 e. The number of Topliss-reactive ketones (excluding diaryl/α,β-unsaturated/α-hetero) is 1. The van der Waals surface area contributed by atoms with Gasteiger partial charge in [-0.1, -0.05) is 6.08 Å². The van der Waals surface area contributed by atoms with Crippen molar-refractivity contribution in [1.29, 1.82) is 0 Å². The first kappa shape index (κ1) is 8.47. The SMILES string of the molecule is O=C1CCCC=C1CCCO. The molecule has 11 heavy (non-hydrogen) atoms. The van der Waals surface area contributed by atoms with Crippen LogP contribution >= 0.6 is 0 Å². The van der Waals surface area contributed by atoms with Crippen LogP contribution in [-0.2, 0) is 4.79 Å². The third kappa shape index (κ3) is 2.46. The lowest BCUT2D eigenvalue weighted by Crippen LogP contribution is -2.07. The van der Waals surface area contributed by atoms with Gasteiger partial charge in [-0.3, -0.25) is 4.79 Å². The Labute approximate surface area is 66.9 Å². The molecule has 0 aliphatic heterocycles. The van der Waals surface area contributed by atoms with Crippen LogP contribution in [0.4, 0.5) is 0 Å². The quantitative estimate of drug-likeness (QED) is 0.667. The molecule has 0 atom stereocenters. The zero-order chi connectivity index (χ0) is 8.10. The molecule has 0 unspecified atom stereocenters. The largest absolute Gasteiger partial charge is 0.396 e. The van der Waals surface area contributed by atoms with Gasteiger partial charge in [-0.2, -0.15) is 0 Å². The Morgan fingerprint density at radius 2 is 2.36 bits per heavy atom. The van der Waals surface area contributed by atoms with Crippen LogP contribution in [0, 0.1) is 0 Å². The zero-order valence-electron chi connectivity index (χ0n) is 6.68. The summed E-state index contributed by atoms with van der Waals surface area (Å²) in [6, 6.07) is 0. The van der Waals surface area contributed by atoms with E-state index in [1.54, 1.807) is 0 Å². The molecular weight excluding hydrogens is 140 g/mol. The number of ketones is 1. The van der Waals surface area contributed by atoms with Gasteiger partial charge in [0.15, 0.2) is 5.78 Å². The molecule has 0 spiro atoms. The van der Waals surface area contributed by atoms with E-state index in [-0.39, 0.29) is 12.4 Å². The second kappa shape index (κ2) is 4.29. The molecular formula is C9H14O2. The normalized spacial score (nSPS) is 18.3. The maximum absolute atomic E-state index is 11.2. The fourth-order valence-corrected chi connectivity index (χ4v) is 1.32. The summed E-state index contributed by atoms with van der Waals surface area (Å²) in [5.41, 5.74) is 0.935. The van der Waals surface area contributed by atoms with Crippen LogP contribution in [0.15, 0.2) is 11.6 Å². The van der Waals surface area contributed by atoms with Crippen LogP contribution in [0.3, 0.4) is 0 Å². The average molecular weight is 154 g/mol. The summed E-state index contributed by atoms with van der Waals surface area (Å²) in [6.07, 6.45) is 6.24. The molecule has 0 heterocycles. The molecule has 1 N–H and O–H groups in total. The molecule has 0 fully saturated rings. The summed E-state index contributed by atoms with van der Waals surface area (Å²) in [5, 5.41) is 8.54. The third-order valence-corrected chi connectivity index (χ3v) is 1.96. The summed E-state index contributed by atoms with van der Waals surface area (Å²) in [7, 11) is 0. The maximum atomic E-state index is 11.2. The highest BCUT2D eigenvalue weighted by molar-refractivity contribution is 5.95. The molecule has 2 nitrogen and oxygen atoms in total. The van der Waals surface area contributed by atoms with E-state index in [0.717, 1.165) is 31.3 Å². The van der Waals surface area contributed by atoms with E-state index in [4.69, 9.17) is 5.11 Å². The van der Waals surface area contributed by atoms with Crippen LogP contribution < -0.4 is 0 Å². The highest BCUT2D eigenvalue weighted by Gasteiger charge is 2.11. The topological polar surface area (TPSA) is 37.3 Å². The summed E-state index contributed by atoms with van der Waals surface area (Å²) in [6.45, 7) is 0.185. The molecule has 0 amide bonds. The van der Waals surface area contributed by atoms with Crippen LogP contribution in [0.25, 0.3) is 0 Å². The summed E-state index contributed by atoms with van der Waals surface area (Å²) in [5.74, 6) is 0.282. The average Bonchev–Trinajstić information content (AvgIpc) is 2.03. The highest BCUT2D eigenvalue weighted by atomic mass is 16.2. The first-order valence-corrected chi connectivity index (χ1v) is 4.17. The van der Waals surface area contributed by atoms with Gasteiger partial charge in [0, 0.05) is 13.0 Å². The van der Waals surface area contributed by atoms with Gasteiger partial charge in [-0.05, 0) is 31.3 Å². The smallest absolute Gasteiger partial charge is 0.158 e. The molecule has 1 rings (SSSR count). The molecule has 0 aromatic carbocycles. The first-order valence-electron chi connectivity index (χ1n) is 4.17. The Kier molecular flexibility index (Phi) is 3.30. The number of hydrogen-bond donors (Lipinski definition) is 1. The standard InChI is InChI=1S/C9H14O2/c10-7-3-5-8-4-1-2-6-9(8)11/h4,10H,1-3,5-7H2. The second-order valence-corrected chi connectivity index (χ2v) is 2.87. The van der Waals surface area contributed by atoms with Crippen molar-refractivity contribution in [2.75, 3.05) is 6.61 Å². The van der Waals surface area contributed by atoms with Crippen molar-refractivity contribution in [3.8, 4) is 0 Å². The predicted octanol–water partition coefficient (Wildman–Crippen LogP) is 1.44. The van der Waals surface area contributed by atoms with Gasteiger partial charge >= 0.3 is 0 Å². The Morgan fingerprint density at radius 1 is 1.55 bits per heavy atom. The summed E-state index contributed by atoms with van der Waals surface area (Å²) >= 11 is 0. The van der Waals surface area contributed by atoms with Crippen molar-refractivity contribution in [2.45, 2.75) is 32.1 Å². The van der Waals surface area contributed by atoms with Crippen molar-refractivity contribution in [3.63, 3.8) is 0 Å². The minimum Gasteiger partial charge on any atom is -0.396 e. The Hall–Kier alpha value is -0.630. The second-order valence-electron chi connectivity index (χ2n) is 2.87. The van der Waals surface area contributed by atoms with E-state index >= 15 is 0 Å². The van der Waals surface area contributed by atoms with Crippen LogP contribution in [0.5, 0.6) is 0 Å². The monoisotopic (exact) mass is 154 g/mol. The predicted molar refractivity (Wildman–Crippen MR) is 43.3 cm³/mol. The highest BCUT2D eigenvalue weighted by Crippen LogP contribution is 2.17. The first-order chi connectivity index (χ1) is 5.34. The van der Waals surface area contributed by atoms with Gasteiger partial charge in [-0.15, -0.1) is 0 Å². The van der Waals surface area contributed by atoms with Gasteiger partial charge in [0.25, 0.3) is 0 Å². The summed E-state index contributed by atoms with van der Waals surface area (Å²) < 4.78 is 0. The zero-order valence-corrected chi connectivity index (χ0v) is 6.68. The van der Waals surface area contributed by atoms with E-state index < -0.39 is 0 Å². The van der Waals surface area contributed by atoms with E-state index in [0.29, 0.717) is 6.42 Å². The van der Waals surface area contributed by atoms with Crippen molar-refractivity contribution < 1.29 is 9.90 Å². The molecule has 0 aromatic heterocycles. The van der Waals surface area contributed by atoms with Crippen LogP contribution in [-0.4, -0.2) is 17.5 Å². The lowest BCUT2D eigenvalue weighted by atomic mass is 9.95. The molecule has 0 saturated heterocycles. The lowest BCUT2D eigenvalue weighted by molar-refractivity contribution is -0.116. The number of rotatable bonds is 3. The number of carbonyl (C=O) groups excluding carboxylic acids is 1. The fraction of sp³-hybridized carbons (Fsp3) is 0.667. The molecule has 1 aliphatic carbocycles. The Balaban J connectivity index is 2.41. The van der Waals surface area contributed by atoms with E-state index in [1.165, 1.54) is 0 Å². The minimum atomic E-state index is 0.185. The fourth-order valence-electron chi connectivity index (χ4n) is 1.32. The van der Waals surface area contributed by atoms with E-state index in [1.807, 2.05) is 6.08 Å². The van der Waals surface area contributed by atoms with Crippen molar-refractivity contribution >= 4 is 5.78 Å². The number of allylic oxidation sites excluding steroid dienone is 2. The van der Waals surface area contributed by atoms with Gasteiger partial charge in [-0.25, -0.2) is 0 Å². The molecule has 0 aromatic rings. The van der Waals surface area contributed by atoms with Crippen molar-refractivity contribution in [3.05, 3.63) is 11.6 Å². The Bertz CT molecular complexity index is 170. The molecule has 0 saturated carbocycles. The van der Waals surface area contributed by atoms with E-state index in [2.05, 4.69) is 0 Å². The molecule has 0 bridgehead atoms. The third-order valence-electron chi connectivity index (χ3n) is 1.96. The molecule has 0 radical (unpaired) electrons. The Morgan fingerprint density at radius 3 is 3.00 bits per heavy atom.